The van der Waals surface area contributed by atoms with Crippen molar-refractivity contribution in [2.45, 2.75) is 49.7 Å². The molecular formula is C23H27FN4O3S2. The van der Waals surface area contributed by atoms with Gasteiger partial charge in [0.05, 0.1) is 27.4 Å². The molecule has 2 aromatic carbocycles. The number of nitrogens with one attached hydrogen (secondary N) is 1. The molecule has 1 amide bonds. The van der Waals surface area contributed by atoms with Crippen LogP contribution in [0.15, 0.2) is 46.5 Å². The summed E-state index contributed by atoms with van der Waals surface area (Å²) in [6.07, 6.45) is 2.80. The summed E-state index contributed by atoms with van der Waals surface area (Å²) >= 11 is 1.23. The average molecular weight is 491 g/mol. The van der Waals surface area contributed by atoms with Crippen molar-refractivity contribution in [2.24, 2.45) is 0 Å². The number of halogens is 1. The van der Waals surface area contributed by atoms with Crippen molar-refractivity contribution < 1.29 is 17.6 Å². The summed E-state index contributed by atoms with van der Waals surface area (Å²) in [6, 6.07) is 9.65. The fraction of sp³-hybridized carbons (Fsp3) is 0.391. The van der Waals surface area contributed by atoms with E-state index in [0.29, 0.717) is 30.3 Å². The maximum atomic E-state index is 14.0. The highest BCUT2D eigenvalue weighted by atomic mass is 32.2. The zero-order chi connectivity index (χ0) is 23.6. The second-order valence-corrected chi connectivity index (χ2v) is 11.0. The Morgan fingerprint density at radius 1 is 1.15 bits per heavy atom. The van der Waals surface area contributed by atoms with Gasteiger partial charge < -0.3 is 9.88 Å². The SMILES string of the molecule is CCn1c(SCC(=O)Nc2ccc(C)cc2F)nc2cc(S(=O)(=O)N3CCCCC3)ccc21. The van der Waals surface area contributed by atoms with Crippen LogP contribution in [0, 0.1) is 12.7 Å². The molecule has 0 saturated carbocycles. The minimum Gasteiger partial charge on any atom is -0.323 e. The fourth-order valence-electron chi connectivity index (χ4n) is 3.96. The Balaban J connectivity index is 1.52. The number of anilines is 1. The van der Waals surface area contributed by atoms with E-state index in [2.05, 4.69) is 10.3 Å². The normalized spacial score (nSPS) is 15.1. The van der Waals surface area contributed by atoms with Crippen molar-refractivity contribution in [2.75, 3.05) is 24.2 Å². The van der Waals surface area contributed by atoms with Gasteiger partial charge in [-0.25, -0.2) is 17.8 Å². The monoisotopic (exact) mass is 490 g/mol. The van der Waals surface area contributed by atoms with E-state index in [1.54, 1.807) is 41.6 Å². The van der Waals surface area contributed by atoms with Gasteiger partial charge in [-0.15, -0.1) is 0 Å². The summed E-state index contributed by atoms with van der Waals surface area (Å²) in [5, 5.41) is 3.20. The van der Waals surface area contributed by atoms with Gasteiger partial charge in [0, 0.05) is 19.6 Å². The molecule has 0 unspecified atom stereocenters. The Hall–Kier alpha value is -2.43. The van der Waals surface area contributed by atoms with Crippen LogP contribution in [0.3, 0.4) is 0 Å². The molecule has 33 heavy (non-hydrogen) atoms. The predicted molar refractivity (Wildman–Crippen MR) is 129 cm³/mol. The van der Waals surface area contributed by atoms with E-state index in [4.69, 9.17) is 0 Å². The van der Waals surface area contributed by atoms with Gasteiger partial charge in [0.15, 0.2) is 5.16 Å². The molecule has 0 radical (unpaired) electrons. The second-order valence-electron chi connectivity index (χ2n) is 8.07. The van der Waals surface area contributed by atoms with Crippen LogP contribution >= 0.6 is 11.8 Å². The molecule has 0 spiro atoms. The average Bonchev–Trinajstić information content (AvgIpc) is 3.17. The van der Waals surface area contributed by atoms with Crippen LogP contribution in [0.2, 0.25) is 0 Å². The molecule has 1 N–H and O–H groups in total. The quantitative estimate of drug-likeness (QED) is 0.496. The lowest BCUT2D eigenvalue weighted by Gasteiger charge is -2.25. The van der Waals surface area contributed by atoms with Gasteiger partial charge in [0.1, 0.15) is 5.82 Å². The molecule has 176 valence electrons. The summed E-state index contributed by atoms with van der Waals surface area (Å²) in [6.45, 7) is 5.45. The highest BCUT2D eigenvalue weighted by Crippen LogP contribution is 2.28. The van der Waals surface area contributed by atoms with Crippen LogP contribution in [0.5, 0.6) is 0 Å². The Morgan fingerprint density at radius 2 is 1.91 bits per heavy atom. The first kappa shape index (κ1) is 23.7. The number of piperidine rings is 1. The van der Waals surface area contributed by atoms with Crippen molar-refractivity contribution in [1.29, 1.82) is 0 Å². The first-order chi connectivity index (χ1) is 15.8. The van der Waals surface area contributed by atoms with Crippen LogP contribution < -0.4 is 5.32 Å². The number of carbonyl (C=O) groups is 1. The molecular weight excluding hydrogens is 463 g/mol. The largest absolute Gasteiger partial charge is 0.323 e. The van der Waals surface area contributed by atoms with E-state index in [1.165, 1.54) is 17.8 Å². The summed E-state index contributed by atoms with van der Waals surface area (Å²) in [5.41, 5.74) is 2.30. The molecule has 0 bridgehead atoms. The van der Waals surface area contributed by atoms with Gasteiger partial charge in [0.2, 0.25) is 15.9 Å². The summed E-state index contributed by atoms with van der Waals surface area (Å²) in [5.74, 6) is -0.766. The van der Waals surface area contributed by atoms with Crippen molar-refractivity contribution in [3.8, 4) is 0 Å². The van der Waals surface area contributed by atoms with E-state index in [0.717, 1.165) is 30.3 Å². The number of thioether (sulfide) groups is 1. The topological polar surface area (TPSA) is 84.3 Å². The number of aryl methyl sites for hydroxylation is 2. The number of rotatable bonds is 7. The molecule has 1 aliphatic rings. The van der Waals surface area contributed by atoms with Gasteiger partial charge in [-0.3, -0.25) is 4.79 Å². The van der Waals surface area contributed by atoms with E-state index in [1.807, 2.05) is 11.5 Å². The van der Waals surface area contributed by atoms with Gasteiger partial charge in [-0.2, -0.15) is 4.31 Å². The first-order valence-corrected chi connectivity index (χ1v) is 13.4. The molecule has 0 aliphatic carbocycles. The van der Waals surface area contributed by atoms with Gasteiger partial charge in [0.25, 0.3) is 0 Å². The zero-order valence-corrected chi connectivity index (χ0v) is 20.3. The highest BCUT2D eigenvalue weighted by molar-refractivity contribution is 7.99. The van der Waals surface area contributed by atoms with Crippen molar-refractivity contribution in [3.05, 3.63) is 47.8 Å². The second kappa shape index (κ2) is 9.82. The Morgan fingerprint density at radius 3 is 2.61 bits per heavy atom. The fourth-order valence-corrected chi connectivity index (χ4v) is 6.37. The molecule has 4 rings (SSSR count). The predicted octanol–water partition coefficient (Wildman–Crippen LogP) is 4.41. The molecule has 1 aliphatic heterocycles. The molecule has 0 atom stereocenters. The van der Waals surface area contributed by atoms with Crippen LogP contribution in [0.1, 0.15) is 31.7 Å². The smallest absolute Gasteiger partial charge is 0.243 e. The standard InChI is InChI=1S/C23H27FN4O3S2/c1-3-28-21-10-8-17(33(30,31)27-11-5-4-6-12-27)14-20(21)26-23(28)32-15-22(29)25-19-9-7-16(2)13-18(19)24/h7-10,13-14H,3-6,11-12,15H2,1-2H3,(H,25,29). The lowest BCUT2D eigenvalue weighted by molar-refractivity contribution is -0.113. The molecule has 7 nitrogen and oxygen atoms in total. The summed E-state index contributed by atoms with van der Waals surface area (Å²) < 4.78 is 43.6. The number of fused-ring (bicyclic) bond motifs is 1. The zero-order valence-electron chi connectivity index (χ0n) is 18.7. The van der Waals surface area contributed by atoms with Crippen molar-refractivity contribution in [3.63, 3.8) is 0 Å². The third-order valence-corrected chi connectivity index (χ3v) is 8.56. The van der Waals surface area contributed by atoms with Crippen LogP contribution in [-0.4, -0.2) is 47.0 Å². The van der Waals surface area contributed by atoms with Crippen molar-refractivity contribution >= 4 is 44.4 Å². The third kappa shape index (κ3) is 5.07. The summed E-state index contributed by atoms with van der Waals surface area (Å²) in [4.78, 5) is 17.2. The van der Waals surface area contributed by atoms with E-state index in [9.17, 15) is 17.6 Å². The molecule has 10 heteroatoms. The number of imidazole rings is 1. The number of nitrogens with zero attached hydrogens (tertiary/aromatic N) is 3. The number of carbonyl (C=O) groups excluding carboxylic acids is 1. The molecule has 2 heterocycles. The van der Waals surface area contributed by atoms with Crippen LogP contribution in [-0.2, 0) is 21.4 Å². The minimum absolute atomic E-state index is 0.0512. The maximum Gasteiger partial charge on any atom is 0.243 e. The van der Waals surface area contributed by atoms with Crippen LogP contribution in [0.4, 0.5) is 10.1 Å². The Kier molecular flexibility index (Phi) is 7.06. The minimum atomic E-state index is -3.55. The number of hydrogen-bond donors (Lipinski definition) is 1. The number of aromatic nitrogens is 2. The van der Waals surface area contributed by atoms with E-state index in [-0.39, 0.29) is 22.2 Å². The molecule has 3 aromatic rings. The number of benzene rings is 2. The van der Waals surface area contributed by atoms with Gasteiger partial charge in [-0.1, -0.05) is 24.2 Å². The first-order valence-electron chi connectivity index (χ1n) is 11.0. The molecule has 1 aromatic heterocycles. The maximum absolute atomic E-state index is 14.0. The lowest BCUT2D eigenvalue weighted by atomic mass is 10.2. The van der Waals surface area contributed by atoms with Gasteiger partial charge in [-0.05, 0) is 62.6 Å². The highest BCUT2D eigenvalue weighted by Gasteiger charge is 2.26. The van der Waals surface area contributed by atoms with Gasteiger partial charge >= 0.3 is 0 Å². The number of hydrogen-bond acceptors (Lipinski definition) is 5. The number of amides is 1. The number of sulfonamides is 1. The van der Waals surface area contributed by atoms with E-state index < -0.39 is 15.8 Å². The Labute approximate surface area is 197 Å². The summed E-state index contributed by atoms with van der Waals surface area (Å²) in [7, 11) is -3.55. The molecule has 1 fully saturated rings. The molecule has 1 saturated heterocycles. The third-order valence-electron chi connectivity index (χ3n) is 5.68. The Bertz CT molecular complexity index is 1280. The van der Waals surface area contributed by atoms with Crippen LogP contribution in [0.25, 0.3) is 11.0 Å². The van der Waals surface area contributed by atoms with E-state index >= 15 is 0 Å². The van der Waals surface area contributed by atoms with Crippen molar-refractivity contribution in [1.82, 2.24) is 13.9 Å². The lowest BCUT2D eigenvalue weighted by Crippen LogP contribution is -2.35.